The first-order chi connectivity index (χ1) is 8.19. The molecule has 0 amide bonds. The molecule has 3 N–H and O–H groups in total. The van der Waals surface area contributed by atoms with E-state index in [1.54, 1.807) is 0 Å². The summed E-state index contributed by atoms with van der Waals surface area (Å²) in [6.07, 6.45) is 0.929. The van der Waals surface area contributed by atoms with Crippen LogP contribution in [0.15, 0.2) is 24.3 Å². The van der Waals surface area contributed by atoms with Gasteiger partial charge in [0, 0.05) is 19.6 Å². The van der Waals surface area contributed by atoms with E-state index in [-0.39, 0.29) is 6.10 Å². The third-order valence-corrected chi connectivity index (χ3v) is 3.66. The number of rotatable bonds is 4. The van der Waals surface area contributed by atoms with Gasteiger partial charge in [0.1, 0.15) is 0 Å². The Morgan fingerprint density at radius 3 is 2.53 bits per heavy atom. The molecule has 0 aliphatic carbocycles. The van der Waals surface area contributed by atoms with Gasteiger partial charge in [-0.25, -0.2) is 0 Å². The van der Waals surface area contributed by atoms with Crippen molar-refractivity contribution in [2.45, 2.75) is 32.5 Å². The summed E-state index contributed by atoms with van der Waals surface area (Å²) < 4.78 is 0. The fourth-order valence-electron chi connectivity index (χ4n) is 2.44. The van der Waals surface area contributed by atoms with E-state index < -0.39 is 0 Å². The van der Waals surface area contributed by atoms with Gasteiger partial charge in [0.2, 0.25) is 0 Å². The molecule has 0 radical (unpaired) electrons. The van der Waals surface area contributed by atoms with E-state index >= 15 is 0 Å². The molecule has 1 aliphatic heterocycles. The van der Waals surface area contributed by atoms with Crippen LogP contribution >= 0.6 is 0 Å². The molecule has 17 heavy (non-hydrogen) atoms. The maximum absolute atomic E-state index is 9.56. The van der Waals surface area contributed by atoms with Gasteiger partial charge in [0.25, 0.3) is 0 Å². The molecule has 0 bridgehead atoms. The first-order valence-electron chi connectivity index (χ1n) is 6.37. The summed E-state index contributed by atoms with van der Waals surface area (Å²) in [6, 6.07) is 8.49. The first-order valence-corrected chi connectivity index (χ1v) is 6.37. The van der Waals surface area contributed by atoms with Crippen LogP contribution in [0.5, 0.6) is 0 Å². The minimum absolute atomic E-state index is 0.181. The average Bonchev–Trinajstić information content (AvgIpc) is 2.79. The Balaban J connectivity index is 1.89. The third-order valence-electron chi connectivity index (χ3n) is 3.66. The van der Waals surface area contributed by atoms with Crippen molar-refractivity contribution in [3.8, 4) is 0 Å². The number of nitrogens with zero attached hydrogens (tertiary/aromatic N) is 1. The molecule has 3 nitrogen and oxygen atoms in total. The lowest BCUT2D eigenvalue weighted by Gasteiger charge is -2.17. The molecule has 1 aromatic rings. The van der Waals surface area contributed by atoms with E-state index in [4.69, 9.17) is 5.73 Å². The quantitative estimate of drug-likeness (QED) is 0.826. The normalized spacial score (nSPS) is 22.9. The van der Waals surface area contributed by atoms with Crippen molar-refractivity contribution in [2.75, 3.05) is 13.1 Å². The lowest BCUT2D eigenvalue weighted by Crippen LogP contribution is -2.23. The highest BCUT2D eigenvalue weighted by atomic mass is 16.3. The van der Waals surface area contributed by atoms with Crippen LogP contribution in [0, 0.1) is 5.92 Å². The summed E-state index contributed by atoms with van der Waals surface area (Å²) in [5.41, 5.74) is 8.08. The van der Waals surface area contributed by atoms with E-state index in [0.717, 1.165) is 26.1 Å². The summed E-state index contributed by atoms with van der Waals surface area (Å²) >= 11 is 0. The second kappa shape index (κ2) is 5.63. The number of hydrogen-bond acceptors (Lipinski definition) is 3. The molecule has 0 saturated carbocycles. The summed E-state index contributed by atoms with van der Waals surface area (Å²) in [4.78, 5) is 2.41. The third kappa shape index (κ3) is 3.28. The molecule has 1 aliphatic rings. The minimum Gasteiger partial charge on any atom is -0.393 e. The van der Waals surface area contributed by atoms with Crippen molar-refractivity contribution < 1.29 is 5.11 Å². The lowest BCUT2D eigenvalue weighted by atomic mass is 10.0. The molecular weight excluding hydrogens is 212 g/mol. The Bertz CT molecular complexity index is 348. The Morgan fingerprint density at radius 2 is 2.00 bits per heavy atom. The lowest BCUT2D eigenvalue weighted by molar-refractivity contribution is 0.127. The zero-order valence-electron chi connectivity index (χ0n) is 10.5. The van der Waals surface area contributed by atoms with Gasteiger partial charge in [-0.05, 0) is 36.9 Å². The van der Waals surface area contributed by atoms with Crippen LogP contribution in [0.25, 0.3) is 0 Å². The van der Waals surface area contributed by atoms with E-state index in [1.165, 1.54) is 11.1 Å². The second-order valence-electron chi connectivity index (χ2n) is 5.05. The highest BCUT2D eigenvalue weighted by Crippen LogP contribution is 2.21. The maximum atomic E-state index is 9.56. The monoisotopic (exact) mass is 234 g/mol. The van der Waals surface area contributed by atoms with E-state index in [1.807, 2.05) is 6.92 Å². The highest BCUT2D eigenvalue weighted by molar-refractivity contribution is 5.22. The molecule has 94 valence electrons. The molecule has 1 saturated heterocycles. The molecule has 0 spiro atoms. The predicted molar refractivity (Wildman–Crippen MR) is 69.4 cm³/mol. The van der Waals surface area contributed by atoms with Gasteiger partial charge in [-0.2, -0.15) is 0 Å². The minimum atomic E-state index is -0.181. The molecule has 3 heteroatoms. The molecular formula is C14H22N2O. The molecule has 1 aromatic carbocycles. The van der Waals surface area contributed by atoms with E-state index in [2.05, 4.69) is 29.2 Å². The van der Waals surface area contributed by atoms with Gasteiger partial charge in [0.05, 0.1) is 6.10 Å². The molecule has 2 atom stereocenters. The van der Waals surface area contributed by atoms with Crippen LogP contribution in [0.3, 0.4) is 0 Å². The van der Waals surface area contributed by atoms with Crippen LogP contribution in [0.4, 0.5) is 0 Å². The molecule has 1 fully saturated rings. The van der Waals surface area contributed by atoms with Crippen molar-refractivity contribution in [3.05, 3.63) is 35.4 Å². The summed E-state index contributed by atoms with van der Waals surface area (Å²) in [6.45, 7) is 5.58. The van der Waals surface area contributed by atoms with Gasteiger partial charge >= 0.3 is 0 Å². The Hall–Kier alpha value is -0.900. The highest BCUT2D eigenvalue weighted by Gasteiger charge is 2.25. The van der Waals surface area contributed by atoms with Gasteiger partial charge < -0.3 is 10.8 Å². The van der Waals surface area contributed by atoms with Crippen LogP contribution in [-0.4, -0.2) is 29.2 Å². The summed E-state index contributed by atoms with van der Waals surface area (Å²) in [7, 11) is 0. The largest absolute Gasteiger partial charge is 0.393 e. The standard InChI is InChI=1S/C14H22N2O/c1-11(17)14-6-7-16(10-14)9-13-4-2-12(8-15)3-5-13/h2-5,11,14,17H,6-10,15H2,1H3. The number of aliphatic hydroxyl groups excluding tert-OH is 1. The number of nitrogens with two attached hydrogens (primary N) is 1. The SMILES string of the molecule is CC(O)C1CCN(Cc2ccc(CN)cc2)C1. The molecule has 2 rings (SSSR count). The van der Waals surface area contributed by atoms with Crippen LogP contribution < -0.4 is 5.73 Å². The van der Waals surface area contributed by atoms with Crippen LogP contribution in [-0.2, 0) is 13.1 Å². The number of likely N-dealkylation sites (tertiary alicyclic amines) is 1. The Labute approximate surface area is 103 Å². The zero-order valence-corrected chi connectivity index (χ0v) is 10.5. The van der Waals surface area contributed by atoms with Gasteiger partial charge in [-0.1, -0.05) is 24.3 Å². The summed E-state index contributed by atoms with van der Waals surface area (Å²) in [5.74, 6) is 0.443. The van der Waals surface area contributed by atoms with Crippen molar-refractivity contribution in [1.29, 1.82) is 0 Å². The molecule has 0 aromatic heterocycles. The Morgan fingerprint density at radius 1 is 1.35 bits per heavy atom. The smallest absolute Gasteiger partial charge is 0.0552 e. The van der Waals surface area contributed by atoms with Crippen molar-refractivity contribution >= 4 is 0 Å². The summed E-state index contributed by atoms with van der Waals surface area (Å²) in [5, 5.41) is 9.56. The van der Waals surface area contributed by atoms with Crippen molar-refractivity contribution in [1.82, 2.24) is 4.90 Å². The Kier molecular flexibility index (Phi) is 4.15. The average molecular weight is 234 g/mol. The van der Waals surface area contributed by atoms with Crippen LogP contribution in [0.1, 0.15) is 24.5 Å². The van der Waals surface area contributed by atoms with Gasteiger partial charge in [-0.15, -0.1) is 0 Å². The van der Waals surface area contributed by atoms with Gasteiger partial charge in [0.15, 0.2) is 0 Å². The topological polar surface area (TPSA) is 49.5 Å². The van der Waals surface area contributed by atoms with E-state index in [0.29, 0.717) is 12.5 Å². The van der Waals surface area contributed by atoms with Gasteiger partial charge in [-0.3, -0.25) is 4.90 Å². The maximum Gasteiger partial charge on any atom is 0.0552 e. The van der Waals surface area contributed by atoms with Crippen molar-refractivity contribution in [2.24, 2.45) is 11.7 Å². The number of hydrogen-bond donors (Lipinski definition) is 2. The van der Waals surface area contributed by atoms with E-state index in [9.17, 15) is 5.11 Å². The number of aliphatic hydroxyl groups is 1. The zero-order chi connectivity index (χ0) is 12.3. The molecule has 2 unspecified atom stereocenters. The fourth-order valence-corrected chi connectivity index (χ4v) is 2.44. The fraction of sp³-hybridized carbons (Fsp3) is 0.571. The van der Waals surface area contributed by atoms with Crippen LogP contribution in [0.2, 0.25) is 0 Å². The second-order valence-corrected chi connectivity index (χ2v) is 5.05. The predicted octanol–water partition coefficient (Wildman–Crippen LogP) is 1.35. The first kappa shape index (κ1) is 12.6. The van der Waals surface area contributed by atoms with Crippen molar-refractivity contribution in [3.63, 3.8) is 0 Å². The molecule has 1 heterocycles. The number of benzene rings is 1.